The molecular formula is C14H13ClN4OS. The van der Waals surface area contributed by atoms with Gasteiger partial charge in [0.15, 0.2) is 0 Å². The number of halogens is 1. The van der Waals surface area contributed by atoms with Gasteiger partial charge in [0.2, 0.25) is 4.77 Å². The molecule has 3 rings (SSSR count). The van der Waals surface area contributed by atoms with E-state index in [0.29, 0.717) is 11.3 Å². The summed E-state index contributed by atoms with van der Waals surface area (Å²) < 4.78 is 7.94. The molecule has 0 fully saturated rings. The third kappa shape index (κ3) is 3.01. The molecule has 0 saturated carbocycles. The zero-order valence-electron chi connectivity index (χ0n) is 11.3. The molecule has 0 radical (unpaired) electrons. The van der Waals surface area contributed by atoms with Crippen LogP contribution in [0.25, 0.3) is 11.3 Å². The first-order chi connectivity index (χ1) is 10.1. The van der Waals surface area contributed by atoms with Crippen LogP contribution >= 0.6 is 23.8 Å². The van der Waals surface area contributed by atoms with Gasteiger partial charge in [0.1, 0.15) is 17.8 Å². The monoisotopic (exact) mass is 320 g/mol. The number of benzene rings is 1. The van der Waals surface area contributed by atoms with Crippen molar-refractivity contribution in [1.29, 1.82) is 0 Å². The Morgan fingerprint density at radius 3 is 2.95 bits per heavy atom. The Morgan fingerprint density at radius 1 is 1.38 bits per heavy atom. The maximum atomic E-state index is 6.14. The Balaban J connectivity index is 1.75. The van der Waals surface area contributed by atoms with Gasteiger partial charge in [0, 0.05) is 10.6 Å². The van der Waals surface area contributed by atoms with Crippen molar-refractivity contribution in [3.05, 3.63) is 57.8 Å². The number of nitrogens with one attached hydrogen (secondary N) is 2. The first-order valence-corrected chi connectivity index (χ1v) is 7.13. The smallest absolute Gasteiger partial charge is 0.214 e. The van der Waals surface area contributed by atoms with E-state index in [1.54, 1.807) is 11.0 Å². The number of nitrogens with zero attached hydrogens (tertiary/aromatic N) is 2. The Bertz CT molecular complexity index is 820. The molecule has 21 heavy (non-hydrogen) atoms. The molecule has 2 heterocycles. The van der Waals surface area contributed by atoms with Crippen LogP contribution in [0, 0.1) is 11.7 Å². The minimum atomic E-state index is 0.507. The largest absolute Gasteiger partial charge is 0.459 e. The highest BCUT2D eigenvalue weighted by atomic mass is 35.5. The van der Waals surface area contributed by atoms with Crippen LogP contribution in [0.5, 0.6) is 0 Å². The second kappa shape index (κ2) is 5.75. The van der Waals surface area contributed by atoms with Gasteiger partial charge in [-0.05, 0) is 42.9 Å². The first-order valence-electron chi connectivity index (χ1n) is 6.34. The van der Waals surface area contributed by atoms with E-state index >= 15 is 0 Å². The van der Waals surface area contributed by atoms with Gasteiger partial charge in [-0.2, -0.15) is 5.10 Å². The van der Waals surface area contributed by atoms with E-state index in [-0.39, 0.29) is 0 Å². The lowest BCUT2D eigenvalue weighted by atomic mass is 10.1. The van der Waals surface area contributed by atoms with Crippen LogP contribution in [-0.4, -0.2) is 14.9 Å². The Kier molecular flexibility index (Phi) is 3.81. The predicted octanol–water partition coefficient (Wildman–Crippen LogP) is 3.91. The summed E-state index contributed by atoms with van der Waals surface area (Å²) >= 11 is 11.2. The number of H-pyrrole nitrogens is 1. The van der Waals surface area contributed by atoms with Crippen molar-refractivity contribution in [2.45, 2.75) is 13.5 Å². The van der Waals surface area contributed by atoms with Crippen molar-refractivity contribution in [3.8, 4) is 11.3 Å². The van der Waals surface area contributed by atoms with E-state index < -0.39 is 0 Å². The molecule has 0 atom stereocenters. The van der Waals surface area contributed by atoms with Gasteiger partial charge in [-0.25, -0.2) is 4.68 Å². The first kappa shape index (κ1) is 13.9. The van der Waals surface area contributed by atoms with Gasteiger partial charge in [-0.1, -0.05) is 23.7 Å². The molecule has 0 aliphatic carbocycles. The molecule has 108 valence electrons. The van der Waals surface area contributed by atoms with Crippen LogP contribution in [0.3, 0.4) is 0 Å². The van der Waals surface area contributed by atoms with E-state index in [9.17, 15) is 0 Å². The number of rotatable bonds is 4. The summed E-state index contributed by atoms with van der Waals surface area (Å²) in [4.78, 5) is 0. The molecule has 0 aliphatic heterocycles. The fraction of sp³-hybridized carbons (Fsp3) is 0.143. The molecule has 3 aromatic rings. The highest BCUT2D eigenvalue weighted by molar-refractivity contribution is 7.71. The lowest BCUT2D eigenvalue weighted by Gasteiger charge is -2.04. The van der Waals surface area contributed by atoms with Crippen molar-refractivity contribution in [1.82, 2.24) is 14.9 Å². The van der Waals surface area contributed by atoms with E-state index in [2.05, 4.69) is 15.6 Å². The number of aromatic amines is 1. The minimum Gasteiger partial charge on any atom is -0.459 e. The molecule has 0 saturated heterocycles. The van der Waals surface area contributed by atoms with Gasteiger partial charge in [0.25, 0.3) is 0 Å². The van der Waals surface area contributed by atoms with E-state index in [1.165, 1.54) is 0 Å². The molecule has 0 unspecified atom stereocenters. The number of hydrogen-bond donors (Lipinski definition) is 2. The number of hydrogen-bond acceptors (Lipinski definition) is 4. The summed E-state index contributed by atoms with van der Waals surface area (Å²) in [7, 11) is 0. The van der Waals surface area contributed by atoms with Crippen molar-refractivity contribution in [2.75, 3.05) is 5.43 Å². The lowest BCUT2D eigenvalue weighted by Crippen LogP contribution is -2.12. The molecular weight excluding hydrogens is 308 g/mol. The summed E-state index contributed by atoms with van der Waals surface area (Å²) in [6.45, 7) is 2.48. The fourth-order valence-corrected chi connectivity index (χ4v) is 2.24. The van der Waals surface area contributed by atoms with Crippen LogP contribution in [0.4, 0.5) is 0 Å². The maximum Gasteiger partial charge on any atom is 0.214 e. The van der Waals surface area contributed by atoms with Crippen LogP contribution in [-0.2, 0) is 6.54 Å². The lowest BCUT2D eigenvalue weighted by molar-refractivity contribution is 0.522. The van der Waals surface area contributed by atoms with E-state index in [0.717, 1.165) is 27.7 Å². The molecule has 7 heteroatoms. The topological polar surface area (TPSA) is 58.8 Å². The number of furan rings is 1. The molecule has 1 aromatic carbocycles. The average molecular weight is 321 g/mol. The maximum absolute atomic E-state index is 6.14. The molecule has 0 amide bonds. The molecule has 2 N–H and O–H groups in total. The summed E-state index contributed by atoms with van der Waals surface area (Å²) in [5, 5.41) is 7.23. The SMILES string of the molecule is Cc1ccc(-c2ccc(CNn3cn[nH]c3=S)o2)cc1Cl. The third-order valence-electron chi connectivity index (χ3n) is 3.09. The van der Waals surface area contributed by atoms with Crippen LogP contribution in [0.2, 0.25) is 5.02 Å². The van der Waals surface area contributed by atoms with Gasteiger partial charge in [-0.15, -0.1) is 0 Å². The zero-order valence-corrected chi connectivity index (χ0v) is 12.8. The van der Waals surface area contributed by atoms with Crippen LogP contribution in [0.15, 0.2) is 41.1 Å². The second-order valence-electron chi connectivity index (χ2n) is 4.60. The normalized spacial score (nSPS) is 10.8. The van der Waals surface area contributed by atoms with Gasteiger partial charge >= 0.3 is 0 Å². The molecule has 0 spiro atoms. The average Bonchev–Trinajstić information content (AvgIpc) is 3.09. The van der Waals surface area contributed by atoms with Crippen molar-refractivity contribution in [2.24, 2.45) is 0 Å². The molecule has 0 aliphatic rings. The Hall–Kier alpha value is -2.05. The van der Waals surface area contributed by atoms with Gasteiger partial charge < -0.3 is 9.84 Å². The summed E-state index contributed by atoms with van der Waals surface area (Å²) in [5.41, 5.74) is 5.09. The minimum absolute atomic E-state index is 0.507. The molecule has 5 nitrogen and oxygen atoms in total. The molecule has 2 aromatic heterocycles. The highest BCUT2D eigenvalue weighted by Gasteiger charge is 2.06. The van der Waals surface area contributed by atoms with E-state index in [1.807, 2.05) is 37.3 Å². The van der Waals surface area contributed by atoms with Gasteiger partial charge in [-0.3, -0.25) is 5.10 Å². The Morgan fingerprint density at radius 2 is 2.24 bits per heavy atom. The van der Waals surface area contributed by atoms with Crippen molar-refractivity contribution < 1.29 is 4.42 Å². The summed E-state index contributed by atoms with van der Waals surface area (Å²) in [6.07, 6.45) is 1.58. The third-order valence-corrected chi connectivity index (χ3v) is 3.79. The highest BCUT2D eigenvalue weighted by Crippen LogP contribution is 2.26. The number of aromatic nitrogens is 3. The van der Waals surface area contributed by atoms with Crippen molar-refractivity contribution >= 4 is 23.8 Å². The van der Waals surface area contributed by atoms with Crippen LogP contribution in [0.1, 0.15) is 11.3 Å². The van der Waals surface area contributed by atoms with Crippen LogP contribution < -0.4 is 5.43 Å². The fourth-order valence-electron chi connectivity index (χ4n) is 1.90. The standard InChI is InChI=1S/C14H13ClN4OS/c1-9-2-3-10(6-12(9)15)13-5-4-11(20-13)7-17-19-8-16-18-14(19)21/h2-6,8,17H,7H2,1H3,(H,18,21). The quantitative estimate of drug-likeness (QED) is 0.716. The van der Waals surface area contributed by atoms with E-state index in [4.69, 9.17) is 28.2 Å². The predicted molar refractivity (Wildman–Crippen MR) is 84.4 cm³/mol. The summed E-state index contributed by atoms with van der Waals surface area (Å²) in [5.74, 6) is 1.58. The molecule has 0 bridgehead atoms. The Labute approximate surface area is 131 Å². The zero-order chi connectivity index (χ0) is 14.8. The van der Waals surface area contributed by atoms with Gasteiger partial charge in [0.05, 0.1) is 6.54 Å². The van der Waals surface area contributed by atoms with Crippen molar-refractivity contribution in [3.63, 3.8) is 0 Å². The summed E-state index contributed by atoms with van der Waals surface area (Å²) in [6, 6.07) is 9.71. The number of aryl methyl sites for hydroxylation is 1. The second-order valence-corrected chi connectivity index (χ2v) is 5.39.